The standard InChI is InChI=1S/C10H9Cl2FN2/c11-8-5-7(13)6-9(12)10(8)15-4-2-1-3-14/h5-6,15H,1-2,4H2. The first-order chi connectivity index (χ1) is 7.15. The van der Waals surface area contributed by atoms with Gasteiger partial charge in [-0.3, -0.25) is 0 Å². The summed E-state index contributed by atoms with van der Waals surface area (Å²) in [5.74, 6) is -0.465. The maximum absolute atomic E-state index is 12.8. The van der Waals surface area contributed by atoms with Crippen LogP contribution in [0, 0.1) is 17.1 Å². The lowest BCUT2D eigenvalue weighted by molar-refractivity contribution is 0.628. The molecule has 0 heterocycles. The molecular weight excluding hydrogens is 238 g/mol. The first-order valence-corrected chi connectivity index (χ1v) is 5.16. The molecule has 0 radical (unpaired) electrons. The van der Waals surface area contributed by atoms with Crippen LogP contribution in [0.5, 0.6) is 0 Å². The second-order valence-electron chi connectivity index (χ2n) is 2.93. The van der Waals surface area contributed by atoms with Gasteiger partial charge in [-0.05, 0) is 18.6 Å². The van der Waals surface area contributed by atoms with Gasteiger partial charge in [-0.25, -0.2) is 4.39 Å². The molecule has 1 aromatic rings. The molecule has 0 saturated heterocycles. The zero-order valence-corrected chi connectivity index (χ0v) is 9.37. The van der Waals surface area contributed by atoms with E-state index >= 15 is 0 Å². The van der Waals surface area contributed by atoms with Gasteiger partial charge in [-0.2, -0.15) is 5.26 Å². The molecule has 0 aliphatic carbocycles. The minimum atomic E-state index is -0.465. The van der Waals surface area contributed by atoms with E-state index < -0.39 is 5.82 Å². The van der Waals surface area contributed by atoms with Crippen molar-refractivity contribution in [3.05, 3.63) is 28.0 Å². The summed E-state index contributed by atoms with van der Waals surface area (Å²) in [4.78, 5) is 0. The van der Waals surface area contributed by atoms with Crippen molar-refractivity contribution in [2.24, 2.45) is 0 Å². The molecular formula is C10H9Cl2FN2. The Hall–Kier alpha value is -0.980. The fourth-order valence-electron chi connectivity index (χ4n) is 1.09. The molecule has 0 amide bonds. The van der Waals surface area contributed by atoms with Crippen LogP contribution in [0.1, 0.15) is 12.8 Å². The number of benzene rings is 1. The highest BCUT2D eigenvalue weighted by atomic mass is 35.5. The predicted molar refractivity (Wildman–Crippen MR) is 59.8 cm³/mol. The SMILES string of the molecule is N#CCCCNc1c(Cl)cc(F)cc1Cl. The maximum atomic E-state index is 12.8. The normalized spacial score (nSPS) is 9.73. The number of hydrogen-bond donors (Lipinski definition) is 1. The number of unbranched alkanes of at least 4 members (excludes halogenated alkanes) is 1. The van der Waals surface area contributed by atoms with E-state index in [0.29, 0.717) is 25.1 Å². The van der Waals surface area contributed by atoms with E-state index in [2.05, 4.69) is 5.32 Å². The summed E-state index contributed by atoms with van der Waals surface area (Å²) in [6.07, 6.45) is 1.16. The van der Waals surface area contributed by atoms with Crippen molar-refractivity contribution in [2.45, 2.75) is 12.8 Å². The quantitative estimate of drug-likeness (QED) is 0.820. The van der Waals surface area contributed by atoms with Gasteiger partial charge in [-0.1, -0.05) is 23.2 Å². The van der Waals surface area contributed by atoms with Crippen LogP contribution in [0.4, 0.5) is 10.1 Å². The Morgan fingerprint density at radius 3 is 2.47 bits per heavy atom. The molecule has 2 nitrogen and oxygen atoms in total. The Labute approximate surface area is 97.6 Å². The monoisotopic (exact) mass is 246 g/mol. The van der Waals surface area contributed by atoms with E-state index in [4.69, 9.17) is 28.5 Å². The molecule has 0 aliphatic rings. The predicted octanol–water partition coefficient (Wildman–Crippen LogP) is 3.85. The minimum absolute atomic E-state index is 0.247. The van der Waals surface area contributed by atoms with Crippen LogP contribution in [0.2, 0.25) is 10.0 Å². The molecule has 0 aromatic heterocycles. The Bertz CT molecular complexity index is 364. The fourth-order valence-corrected chi connectivity index (χ4v) is 1.69. The lowest BCUT2D eigenvalue weighted by Crippen LogP contribution is -2.02. The van der Waals surface area contributed by atoms with Crippen molar-refractivity contribution in [1.82, 2.24) is 0 Å². The zero-order chi connectivity index (χ0) is 11.3. The van der Waals surface area contributed by atoms with Crippen molar-refractivity contribution in [2.75, 3.05) is 11.9 Å². The molecule has 1 N–H and O–H groups in total. The molecule has 0 fully saturated rings. The minimum Gasteiger partial charge on any atom is -0.383 e. The largest absolute Gasteiger partial charge is 0.383 e. The van der Waals surface area contributed by atoms with Gasteiger partial charge in [0.1, 0.15) is 5.82 Å². The number of nitrogens with zero attached hydrogens (tertiary/aromatic N) is 1. The number of nitrogens with one attached hydrogen (secondary N) is 1. The molecule has 0 bridgehead atoms. The van der Waals surface area contributed by atoms with Crippen molar-refractivity contribution in [3.8, 4) is 6.07 Å². The van der Waals surface area contributed by atoms with Crippen LogP contribution >= 0.6 is 23.2 Å². The average Bonchev–Trinajstić information content (AvgIpc) is 2.15. The third-order valence-electron chi connectivity index (χ3n) is 1.77. The van der Waals surface area contributed by atoms with E-state index in [-0.39, 0.29) is 10.0 Å². The number of anilines is 1. The third-order valence-corrected chi connectivity index (χ3v) is 2.37. The van der Waals surface area contributed by atoms with Crippen LogP contribution in [0.3, 0.4) is 0 Å². The first kappa shape index (κ1) is 12.1. The summed E-state index contributed by atoms with van der Waals surface area (Å²) in [7, 11) is 0. The second-order valence-corrected chi connectivity index (χ2v) is 3.75. The van der Waals surface area contributed by atoms with Gasteiger partial charge in [-0.15, -0.1) is 0 Å². The van der Waals surface area contributed by atoms with Crippen LogP contribution in [-0.4, -0.2) is 6.54 Å². The Morgan fingerprint density at radius 1 is 1.33 bits per heavy atom. The summed E-state index contributed by atoms with van der Waals surface area (Å²) in [5, 5.41) is 11.8. The van der Waals surface area contributed by atoms with Gasteiger partial charge in [0, 0.05) is 13.0 Å². The molecule has 5 heteroatoms. The van der Waals surface area contributed by atoms with Gasteiger partial charge < -0.3 is 5.32 Å². The lowest BCUT2D eigenvalue weighted by atomic mass is 10.3. The van der Waals surface area contributed by atoms with E-state index in [1.54, 1.807) is 0 Å². The Kier molecular flexibility index (Phi) is 4.67. The molecule has 0 unspecified atom stereocenters. The smallest absolute Gasteiger partial charge is 0.126 e. The summed E-state index contributed by atoms with van der Waals surface area (Å²) >= 11 is 11.6. The van der Waals surface area contributed by atoms with Crippen molar-refractivity contribution in [3.63, 3.8) is 0 Å². The average molecular weight is 247 g/mol. The fraction of sp³-hybridized carbons (Fsp3) is 0.300. The second kappa shape index (κ2) is 5.79. The summed E-state index contributed by atoms with van der Waals surface area (Å²) in [6.45, 7) is 0.582. The van der Waals surface area contributed by atoms with Gasteiger partial charge in [0.05, 0.1) is 21.8 Å². The molecule has 15 heavy (non-hydrogen) atoms. The van der Waals surface area contributed by atoms with E-state index in [1.807, 2.05) is 6.07 Å². The highest BCUT2D eigenvalue weighted by Gasteiger charge is 2.07. The highest BCUT2D eigenvalue weighted by Crippen LogP contribution is 2.31. The maximum Gasteiger partial charge on any atom is 0.126 e. The van der Waals surface area contributed by atoms with Gasteiger partial charge >= 0.3 is 0 Å². The van der Waals surface area contributed by atoms with E-state index in [1.165, 1.54) is 12.1 Å². The summed E-state index contributed by atoms with van der Waals surface area (Å²) in [5.41, 5.74) is 0.512. The van der Waals surface area contributed by atoms with Crippen LogP contribution < -0.4 is 5.32 Å². The molecule has 0 saturated carbocycles. The summed E-state index contributed by atoms with van der Waals surface area (Å²) < 4.78 is 12.8. The van der Waals surface area contributed by atoms with E-state index in [0.717, 1.165) is 0 Å². The van der Waals surface area contributed by atoms with E-state index in [9.17, 15) is 4.39 Å². The van der Waals surface area contributed by atoms with Crippen LogP contribution in [0.15, 0.2) is 12.1 Å². The number of hydrogen-bond acceptors (Lipinski definition) is 2. The van der Waals surface area contributed by atoms with Gasteiger partial charge in [0.25, 0.3) is 0 Å². The van der Waals surface area contributed by atoms with Crippen LogP contribution in [-0.2, 0) is 0 Å². The molecule has 0 atom stereocenters. The first-order valence-electron chi connectivity index (χ1n) is 4.40. The molecule has 0 aliphatic heterocycles. The Balaban J connectivity index is 2.65. The zero-order valence-electron chi connectivity index (χ0n) is 7.86. The topological polar surface area (TPSA) is 35.8 Å². The molecule has 0 spiro atoms. The summed E-state index contributed by atoms with van der Waals surface area (Å²) in [6, 6.07) is 4.42. The number of nitriles is 1. The lowest BCUT2D eigenvalue weighted by Gasteiger charge is -2.09. The number of halogens is 3. The molecule has 80 valence electrons. The van der Waals surface area contributed by atoms with Crippen molar-refractivity contribution < 1.29 is 4.39 Å². The van der Waals surface area contributed by atoms with Crippen molar-refractivity contribution >= 4 is 28.9 Å². The van der Waals surface area contributed by atoms with Crippen LogP contribution in [0.25, 0.3) is 0 Å². The van der Waals surface area contributed by atoms with Crippen molar-refractivity contribution in [1.29, 1.82) is 5.26 Å². The highest BCUT2D eigenvalue weighted by molar-refractivity contribution is 6.39. The van der Waals surface area contributed by atoms with Gasteiger partial charge in [0.2, 0.25) is 0 Å². The number of rotatable bonds is 4. The Morgan fingerprint density at radius 2 is 1.93 bits per heavy atom. The molecule has 1 rings (SSSR count). The third kappa shape index (κ3) is 3.58. The molecule has 1 aromatic carbocycles. The van der Waals surface area contributed by atoms with Gasteiger partial charge in [0.15, 0.2) is 0 Å².